The molecule has 14 heavy (non-hydrogen) atoms. The number of amides is 1. The summed E-state index contributed by atoms with van der Waals surface area (Å²) in [6, 6.07) is 0. The van der Waals surface area contributed by atoms with Gasteiger partial charge in [0.15, 0.2) is 0 Å². The first-order valence-electron chi connectivity index (χ1n) is 4.99. The van der Waals surface area contributed by atoms with Gasteiger partial charge < -0.3 is 15.2 Å². The molecule has 2 N–H and O–H groups in total. The molecule has 1 amide bonds. The minimum Gasteiger partial charge on any atom is -0.442 e. The molecule has 0 spiro atoms. The lowest BCUT2D eigenvalue weighted by Gasteiger charge is -2.14. The van der Waals surface area contributed by atoms with E-state index in [1.54, 1.807) is 0 Å². The van der Waals surface area contributed by atoms with Crippen LogP contribution in [0.2, 0.25) is 0 Å². The second-order valence-corrected chi connectivity index (χ2v) is 2.59. The maximum atomic E-state index is 10.4. The summed E-state index contributed by atoms with van der Waals surface area (Å²) in [6.07, 6.45) is 4.38. The number of hydrogen-bond donors (Lipinski definition) is 1. The zero-order chi connectivity index (χ0) is 10.8. The van der Waals surface area contributed by atoms with Crippen LogP contribution in [0.3, 0.4) is 0 Å². The topological polar surface area (TPSA) is 61.6 Å². The zero-order valence-corrected chi connectivity index (χ0v) is 8.86. The van der Waals surface area contributed by atoms with Crippen molar-refractivity contribution in [2.45, 2.75) is 32.8 Å². The van der Waals surface area contributed by atoms with Gasteiger partial charge in [0.25, 0.3) is 0 Å². The second-order valence-electron chi connectivity index (χ2n) is 2.59. The molecule has 1 aliphatic rings. The summed E-state index contributed by atoms with van der Waals surface area (Å²) in [4.78, 5) is 10.4. The molecule has 1 aliphatic heterocycles. The maximum Gasteiger partial charge on any atom is 0.405 e. The third kappa shape index (κ3) is 6.48. The first-order valence-corrected chi connectivity index (χ1v) is 4.99. The molecule has 82 valence electrons. The van der Waals surface area contributed by atoms with Crippen LogP contribution in [0.25, 0.3) is 0 Å². The molecule has 0 saturated heterocycles. The minimum absolute atomic E-state index is 0.220. The number of rotatable bonds is 1. The van der Waals surface area contributed by atoms with Gasteiger partial charge in [0.05, 0.1) is 13.2 Å². The Labute approximate surface area is 85.1 Å². The lowest BCUT2D eigenvalue weighted by atomic mass is 10.2. The number of primary amides is 1. The van der Waals surface area contributed by atoms with E-state index in [-0.39, 0.29) is 6.10 Å². The Hall–Kier alpha value is -1.03. The minimum atomic E-state index is -0.731. The monoisotopic (exact) mass is 201 g/mol. The van der Waals surface area contributed by atoms with Crippen LogP contribution in [0.5, 0.6) is 0 Å². The molecule has 1 heterocycles. The molecule has 0 saturated carbocycles. The average molecular weight is 201 g/mol. The third-order valence-corrected chi connectivity index (χ3v) is 1.59. The fourth-order valence-corrected chi connectivity index (χ4v) is 1.04. The quantitative estimate of drug-likeness (QED) is 0.658. The predicted molar refractivity (Wildman–Crippen MR) is 55.0 cm³/mol. The highest BCUT2D eigenvalue weighted by Crippen LogP contribution is 2.05. The highest BCUT2D eigenvalue weighted by molar-refractivity contribution is 5.65. The number of carbonyl (C=O) groups excluding carboxylic acids is 1. The van der Waals surface area contributed by atoms with Crippen molar-refractivity contribution in [3.8, 4) is 0 Å². The Morgan fingerprint density at radius 1 is 1.50 bits per heavy atom. The molecular formula is C10H19NO3. The van der Waals surface area contributed by atoms with E-state index < -0.39 is 6.09 Å². The summed E-state index contributed by atoms with van der Waals surface area (Å²) in [5.41, 5.74) is 4.88. The van der Waals surface area contributed by atoms with Crippen molar-refractivity contribution in [1.29, 1.82) is 0 Å². The molecule has 0 fully saturated rings. The van der Waals surface area contributed by atoms with Crippen LogP contribution in [0.15, 0.2) is 12.2 Å². The first kappa shape index (κ1) is 13.0. The zero-order valence-electron chi connectivity index (χ0n) is 8.86. The van der Waals surface area contributed by atoms with Crippen LogP contribution in [0.4, 0.5) is 4.79 Å². The summed E-state index contributed by atoms with van der Waals surface area (Å²) in [6.45, 7) is 5.35. The van der Waals surface area contributed by atoms with Crippen molar-refractivity contribution in [3.63, 3.8) is 0 Å². The van der Waals surface area contributed by atoms with Gasteiger partial charge >= 0.3 is 6.09 Å². The summed E-state index contributed by atoms with van der Waals surface area (Å²) in [5, 5.41) is 0. The van der Waals surface area contributed by atoms with Crippen molar-refractivity contribution in [3.05, 3.63) is 12.2 Å². The van der Waals surface area contributed by atoms with E-state index in [1.165, 1.54) is 0 Å². The van der Waals surface area contributed by atoms with E-state index in [0.29, 0.717) is 13.0 Å². The average Bonchev–Trinajstić information content (AvgIpc) is 2.12. The van der Waals surface area contributed by atoms with Crippen LogP contribution in [-0.2, 0) is 9.47 Å². The van der Waals surface area contributed by atoms with Gasteiger partial charge in [-0.25, -0.2) is 4.79 Å². The fourth-order valence-electron chi connectivity index (χ4n) is 1.04. The molecule has 4 heteroatoms. The van der Waals surface area contributed by atoms with Crippen LogP contribution >= 0.6 is 0 Å². The van der Waals surface area contributed by atoms with Crippen molar-refractivity contribution >= 4 is 6.09 Å². The standard InChI is InChI=1S/C8H13NO3.C2H6/c9-8(10)12-7-3-1-2-5-11-6-4-7;1-2/h1,3,7H,2,4-6H2,(H2,9,10);1-2H3/b3-1+;. The second kappa shape index (κ2) is 8.56. The Morgan fingerprint density at radius 2 is 2.21 bits per heavy atom. The van der Waals surface area contributed by atoms with Gasteiger partial charge in [-0.15, -0.1) is 0 Å². The van der Waals surface area contributed by atoms with Gasteiger partial charge in [-0.05, 0) is 12.5 Å². The molecule has 4 nitrogen and oxygen atoms in total. The van der Waals surface area contributed by atoms with E-state index in [1.807, 2.05) is 26.0 Å². The highest BCUT2D eigenvalue weighted by Gasteiger charge is 2.09. The molecule has 1 atom stereocenters. The van der Waals surface area contributed by atoms with E-state index in [0.717, 1.165) is 13.0 Å². The highest BCUT2D eigenvalue weighted by atomic mass is 16.6. The fraction of sp³-hybridized carbons (Fsp3) is 0.700. The van der Waals surface area contributed by atoms with Gasteiger partial charge in [-0.2, -0.15) is 0 Å². The van der Waals surface area contributed by atoms with Gasteiger partial charge in [0.2, 0.25) is 0 Å². The Morgan fingerprint density at radius 3 is 2.86 bits per heavy atom. The third-order valence-electron chi connectivity index (χ3n) is 1.59. The van der Waals surface area contributed by atoms with Crippen molar-refractivity contribution in [2.75, 3.05) is 13.2 Å². The molecule has 1 rings (SSSR count). The van der Waals surface area contributed by atoms with Gasteiger partial charge in [0, 0.05) is 6.42 Å². The van der Waals surface area contributed by atoms with Crippen LogP contribution in [0.1, 0.15) is 26.7 Å². The molecular weight excluding hydrogens is 182 g/mol. The summed E-state index contributed by atoms with van der Waals surface area (Å²) < 4.78 is 10.0. The number of ether oxygens (including phenoxy) is 2. The van der Waals surface area contributed by atoms with Crippen molar-refractivity contribution < 1.29 is 14.3 Å². The SMILES string of the molecule is CC.NC(=O)OC1/C=C/CCOCC1. The van der Waals surface area contributed by atoms with E-state index in [2.05, 4.69) is 0 Å². The maximum absolute atomic E-state index is 10.4. The predicted octanol–water partition coefficient (Wildman–Crippen LogP) is 1.84. The van der Waals surface area contributed by atoms with E-state index >= 15 is 0 Å². The summed E-state index contributed by atoms with van der Waals surface area (Å²) >= 11 is 0. The summed E-state index contributed by atoms with van der Waals surface area (Å²) in [7, 11) is 0. The van der Waals surface area contributed by atoms with Crippen LogP contribution in [0, 0.1) is 0 Å². The van der Waals surface area contributed by atoms with Gasteiger partial charge in [-0.1, -0.05) is 19.9 Å². The van der Waals surface area contributed by atoms with Crippen molar-refractivity contribution in [1.82, 2.24) is 0 Å². The van der Waals surface area contributed by atoms with E-state index in [4.69, 9.17) is 15.2 Å². The lowest BCUT2D eigenvalue weighted by Crippen LogP contribution is -2.23. The summed E-state index contributed by atoms with van der Waals surface area (Å²) in [5.74, 6) is 0. The molecule has 0 aromatic heterocycles. The first-order chi connectivity index (χ1) is 6.79. The molecule has 0 aliphatic carbocycles. The number of hydrogen-bond acceptors (Lipinski definition) is 3. The Bertz CT molecular complexity index is 180. The normalized spacial score (nSPS) is 23.4. The largest absolute Gasteiger partial charge is 0.442 e. The molecule has 1 unspecified atom stereocenters. The van der Waals surface area contributed by atoms with E-state index in [9.17, 15) is 4.79 Å². The van der Waals surface area contributed by atoms with Gasteiger partial charge in [0.1, 0.15) is 6.10 Å². The lowest BCUT2D eigenvalue weighted by molar-refractivity contribution is 0.0788. The van der Waals surface area contributed by atoms with Gasteiger partial charge in [-0.3, -0.25) is 0 Å². The molecule has 0 aromatic carbocycles. The number of nitrogens with two attached hydrogens (primary N) is 1. The van der Waals surface area contributed by atoms with Crippen molar-refractivity contribution in [2.24, 2.45) is 5.73 Å². The Kier molecular flexibility index (Phi) is 7.93. The van der Waals surface area contributed by atoms with Crippen LogP contribution < -0.4 is 5.73 Å². The molecule has 0 bridgehead atoms. The van der Waals surface area contributed by atoms with Crippen LogP contribution in [-0.4, -0.2) is 25.4 Å². The molecule has 0 radical (unpaired) electrons. The Balaban J connectivity index is 0.000000791. The molecule has 0 aromatic rings. The number of carbonyl (C=O) groups is 1. The smallest absolute Gasteiger partial charge is 0.405 e.